The van der Waals surface area contributed by atoms with Gasteiger partial charge in [0.2, 0.25) is 11.6 Å². The molecule has 2 aliphatic heterocycles. The van der Waals surface area contributed by atoms with Crippen LogP contribution in [0.2, 0.25) is 0 Å². The number of esters is 1. The highest BCUT2D eigenvalue weighted by atomic mass is 16.5. The van der Waals surface area contributed by atoms with Crippen LogP contribution in [-0.4, -0.2) is 52.9 Å². The van der Waals surface area contributed by atoms with Crippen molar-refractivity contribution in [3.63, 3.8) is 0 Å². The highest BCUT2D eigenvalue weighted by Gasteiger charge is 2.61. The fraction of sp³-hybridized carbons (Fsp3) is 0.429. The molecule has 1 saturated heterocycles. The number of nitrogens with zero attached hydrogens (tertiary/aromatic N) is 2. The molecule has 0 saturated carbocycles. The molecule has 3 amide bonds. The fourth-order valence-corrected chi connectivity index (χ4v) is 3.83. The highest BCUT2D eigenvalue weighted by Crippen LogP contribution is 2.44. The van der Waals surface area contributed by atoms with E-state index in [-0.39, 0.29) is 31.2 Å². The highest BCUT2D eigenvalue weighted by molar-refractivity contribution is 6.15. The standard InChI is InChI=1S/C21H25N3O5/c1-5-12-23-18(27)14-8-6-7-9-15(14)24-17(26)10-11-21(23,24)19(28)29-13-16(25)22-20(2,3)4/h5-9H,1,10-13H2,2-4H3,(H,22,25)/t21-/m1/s1. The van der Waals surface area contributed by atoms with Crippen LogP contribution in [0.4, 0.5) is 5.69 Å². The molecule has 1 atom stereocenters. The van der Waals surface area contributed by atoms with Crippen LogP contribution in [-0.2, 0) is 19.1 Å². The Hall–Kier alpha value is -3.16. The number of carbonyl (C=O) groups excluding carboxylic acids is 4. The molecule has 3 rings (SSSR count). The quantitative estimate of drug-likeness (QED) is 0.599. The minimum absolute atomic E-state index is 0.0558. The Kier molecular flexibility index (Phi) is 5.21. The molecule has 1 N–H and O–H groups in total. The third kappa shape index (κ3) is 3.50. The largest absolute Gasteiger partial charge is 0.452 e. The summed E-state index contributed by atoms with van der Waals surface area (Å²) < 4.78 is 5.31. The van der Waals surface area contributed by atoms with Crippen molar-refractivity contribution >= 4 is 29.4 Å². The molecule has 1 aromatic rings. The van der Waals surface area contributed by atoms with Crippen LogP contribution in [0.1, 0.15) is 44.0 Å². The number of rotatable bonds is 5. The predicted octanol–water partition coefficient (Wildman–Crippen LogP) is 1.61. The number of ether oxygens (including phenoxy) is 1. The second kappa shape index (κ2) is 7.35. The summed E-state index contributed by atoms with van der Waals surface area (Å²) in [7, 11) is 0. The lowest BCUT2D eigenvalue weighted by Gasteiger charge is -2.48. The lowest BCUT2D eigenvalue weighted by molar-refractivity contribution is -0.160. The van der Waals surface area contributed by atoms with E-state index in [1.807, 2.05) is 20.8 Å². The van der Waals surface area contributed by atoms with E-state index in [9.17, 15) is 19.2 Å². The Morgan fingerprint density at radius 1 is 1.28 bits per heavy atom. The van der Waals surface area contributed by atoms with Gasteiger partial charge in [-0.15, -0.1) is 6.58 Å². The van der Waals surface area contributed by atoms with Gasteiger partial charge in [-0.05, 0) is 32.9 Å². The molecule has 0 aromatic heterocycles. The van der Waals surface area contributed by atoms with E-state index in [1.165, 1.54) is 15.9 Å². The van der Waals surface area contributed by atoms with Crippen molar-refractivity contribution < 1.29 is 23.9 Å². The Balaban J connectivity index is 1.98. The van der Waals surface area contributed by atoms with Crippen molar-refractivity contribution in [1.82, 2.24) is 10.2 Å². The fourth-order valence-electron chi connectivity index (χ4n) is 3.83. The van der Waals surface area contributed by atoms with Gasteiger partial charge in [-0.2, -0.15) is 0 Å². The van der Waals surface area contributed by atoms with E-state index in [4.69, 9.17) is 4.74 Å². The van der Waals surface area contributed by atoms with Gasteiger partial charge < -0.3 is 15.0 Å². The molecular formula is C21H25N3O5. The molecule has 1 fully saturated rings. The molecule has 0 spiro atoms. The summed E-state index contributed by atoms with van der Waals surface area (Å²) in [4.78, 5) is 53.9. The zero-order valence-corrected chi connectivity index (χ0v) is 16.9. The summed E-state index contributed by atoms with van der Waals surface area (Å²) in [6.45, 7) is 8.66. The monoisotopic (exact) mass is 399 g/mol. The maximum absolute atomic E-state index is 13.2. The second-order valence-electron chi connectivity index (χ2n) is 8.14. The summed E-state index contributed by atoms with van der Waals surface area (Å²) in [6.07, 6.45) is 1.66. The van der Waals surface area contributed by atoms with Crippen LogP contribution >= 0.6 is 0 Å². The van der Waals surface area contributed by atoms with Crippen LogP contribution in [0, 0.1) is 0 Å². The minimum Gasteiger partial charge on any atom is -0.452 e. The first kappa shape index (κ1) is 20.6. The number of amides is 3. The molecule has 2 heterocycles. The Labute approximate surface area is 169 Å². The Morgan fingerprint density at radius 3 is 2.62 bits per heavy atom. The van der Waals surface area contributed by atoms with Crippen LogP contribution < -0.4 is 10.2 Å². The van der Waals surface area contributed by atoms with Gasteiger partial charge in [0.25, 0.3) is 11.8 Å². The molecule has 0 aliphatic carbocycles. The molecule has 2 aliphatic rings. The number of carbonyl (C=O) groups is 4. The van der Waals surface area contributed by atoms with E-state index in [2.05, 4.69) is 11.9 Å². The van der Waals surface area contributed by atoms with Gasteiger partial charge in [0.1, 0.15) is 0 Å². The van der Waals surface area contributed by atoms with Crippen molar-refractivity contribution in [2.45, 2.75) is 44.8 Å². The molecule has 1 aromatic carbocycles. The SMILES string of the molecule is C=CCN1C(=O)c2ccccc2N2C(=O)CC[C@@]12C(=O)OCC(=O)NC(C)(C)C. The first-order valence-corrected chi connectivity index (χ1v) is 9.45. The summed E-state index contributed by atoms with van der Waals surface area (Å²) in [5, 5.41) is 2.71. The lowest BCUT2D eigenvalue weighted by Crippen LogP contribution is -2.68. The van der Waals surface area contributed by atoms with Crippen LogP contribution in [0.25, 0.3) is 0 Å². The summed E-state index contributed by atoms with van der Waals surface area (Å²) in [5.41, 5.74) is -1.40. The zero-order valence-electron chi connectivity index (χ0n) is 16.9. The van der Waals surface area contributed by atoms with Gasteiger partial charge >= 0.3 is 5.97 Å². The smallest absolute Gasteiger partial charge is 0.354 e. The predicted molar refractivity (Wildman–Crippen MR) is 106 cm³/mol. The van der Waals surface area contributed by atoms with Gasteiger partial charge in [-0.3, -0.25) is 19.3 Å². The number of fused-ring (bicyclic) bond motifs is 3. The number of nitrogens with one attached hydrogen (secondary N) is 1. The third-order valence-electron chi connectivity index (χ3n) is 4.86. The average Bonchev–Trinajstić information content (AvgIpc) is 3.00. The second-order valence-corrected chi connectivity index (χ2v) is 8.14. The normalized spacial score (nSPS) is 20.8. The molecular weight excluding hydrogens is 374 g/mol. The van der Waals surface area contributed by atoms with E-state index in [0.717, 1.165) is 0 Å². The van der Waals surface area contributed by atoms with E-state index in [0.29, 0.717) is 11.3 Å². The summed E-state index contributed by atoms with van der Waals surface area (Å²) in [5.74, 6) is -1.94. The number of hydrogen-bond donors (Lipinski definition) is 1. The third-order valence-corrected chi connectivity index (χ3v) is 4.86. The number of benzene rings is 1. The number of hydrogen-bond acceptors (Lipinski definition) is 5. The van der Waals surface area contributed by atoms with Gasteiger partial charge in [0.05, 0.1) is 11.3 Å². The minimum atomic E-state index is -1.63. The lowest BCUT2D eigenvalue weighted by atomic mass is 9.96. The Bertz CT molecular complexity index is 889. The molecule has 0 unspecified atom stereocenters. The molecule has 0 radical (unpaired) electrons. The maximum Gasteiger partial charge on any atom is 0.354 e. The molecule has 0 bridgehead atoms. The van der Waals surface area contributed by atoms with Crippen LogP contribution in [0.15, 0.2) is 36.9 Å². The first-order valence-electron chi connectivity index (χ1n) is 9.45. The molecule has 29 heavy (non-hydrogen) atoms. The van der Waals surface area contributed by atoms with E-state index >= 15 is 0 Å². The first-order chi connectivity index (χ1) is 13.6. The van der Waals surface area contributed by atoms with Gasteiger partial charge in [0.15, 0.2) is 6.61 Å². The van der Waals surface area contributed by atoms with Crippen LogP contribution in [0.3, 0.4) is 0 Å². The summed E-state index contributed by atoms with van der Waals surface area (Å²) >= 11 is 0. The van der Waals surface area contributed by atoms with Crippen molar-refractivity contribution in [3.05, 3.63) is 42.5 Å². The van der Waals surface area contributed by atoms with Crippen molar-refractivity contribution in [3.8, 4) is 0 Å². The number of anilines is 1. The molecule has 154 valence electrons. The van der Waals surface area contributed by atoms with Gasteiger partial charge in [-0.1, -0.05) is 18.2 Å². The van der Waals surface area contributed by atoms with Crippen molar-refractivity contribution in [2.75, 3.05) is 18.1 Å². The van der Waals surface area contributed by atoms with Gasteiger partial charge in [-0.25, -0.2) is 4.79 Å². The summed E-state index contributed by atoms with van der Waals surface area (Å²) in [6, 6.07) is 6.65. The average molecular weight is 399 g/mol. The van der Waals surface area contributed by atoms with E-state index in [1.54, 1.807) is 24.3 Å². The van der Waals surface area contributed by atoms with Gasteiger partial charge in [0, 0.05) is 24.9 Å². The molecule has 8 heteroatoms. The zero-order chi connectivity index (χ0) is 21.4. The van der Waals surface area contributed by atoms with Crippen LogP contribution in [0.5, 0.6) is 0 Å². The maximum atomic E-state index is 13.2. The topological polar surface area (TPSA) is 96.0 Å². The number of para-hydroxylation sites is 1. The van der Waals surface area contributed by atoms with Crippen molar-refractivity contribution in [2.24, 2.45) is 0 Å². The molecule has 8 nitrogen and oxygen atoms in total. The van der Waals surface area contributed by atoms with E-state index < -0.39 is 29.7 Å². The van der Waals surface area contributed by atoms with Crippen molar-refractivity contribution in [1.29, 1.82) is 0 Å². The Morgan fingerprint density at radius 2 is 1.97 bits per heavy atom.